The number of benzene rings is 1. The third-order valence-electron chi connectivity index (χ3n) is 3.80. The molecule has 0 aliphatic heterocycles. The summed E-state index contributed by atoms with van der Waals surface area (Å²) >= 11 is 0. The Morgan fingerprint density at radius 3 is 2.67 bits per heavy atom. The lowest BCUT2D eigenvalue weighted by Crippen LogP contribution is -2.28. The van der Waals surface area contributed by atoms with Gasteiger partial charge in [-0.25, -0.2) is 17.5 Å². The normalized spacial score (nSPS) is 21.5. The van der Waals surface area contributed by atoms with Crippen LogP contribution >= 0.6 is 0 Å². The minimum atomic E-state index is -3.76. The van der Waals surface area contributed by atoms with E-state index in [1.165, 1.54) is 12.1 Å². The van der Waals surface area contributed by atoms with Crippen molar-refractivity contribution in [3.05, 3.63) is 29.6 Å². The van der Waals surface area contributed by atoms with Crippen molar-refractivity contribution in [1.82, 2.24) is 10.0 Å². The third kappa shape index (κ3) is 4.25. The number of halogens is 1. The van der Waals surface area contributed by atoms with E-state index in [9.17, 15) is 12.8 Å². The molecule has 2 rings (SSSR count). The lowest BCUT2D eigenvalue weighted by molar-refractivity contribution is 0.551. The van der Waals surface area contributed by atoms with Crippen LogP contribution in [0.1, 0.15) is 38.7 Å². The van der Waals surface area contributed by atoms with Crippen molar-refractivity contribution in [2.45, 2.75) is 50.6 Å². The maximum absolute atomic E-state index is 14.1. The largest absolute Gasteiger partial charge is 0.313 e. The van der Waals surface area contributed by atoms with Crippen LogP contribution in [0.4, 0.5) is 4.39 Å². The van der Waals surface area contributed by atoms with Gasteiger partial charge in [-0.3, -0.25) is 0 Å². The predicted octanol–water partition coefficient (Wildman–Crippen LogP) is 2.40. The Bertz CT molecular complexity index is 589. The van der Waals surface area contributed by atoms with E-state index in [1.807, 2.05) is 6.92 Å². The van der Waals surface area contributed by atoms with Crippen LogP contribution < -0.4 is 10.0 Å². The first-order valence-electron chi connectivity index (χ1n) is 7.49. The van der Waals surface area contributed by atoms with Gasteiger partial charge in [0, 0.05) is 12.6 Å². The summed E-state index contributed by atoms with van der Waals surface area (Å²) in [5.74, 6) is -0.299. The van der Waals surface area contributed by atoms with Crippen molar-refractivity contribution in [2.24, 2.45) is 5.92 Å². The van der Waals surface area contributed by atoms with E-state index in [4.69, 9.17) is 0 Å². The highest BCUT2D eigenvalue weighted by molar-refractivity contribution is 7.89. The van der Waals surface area contributed by atoms with Crippen LogP contribution in [0, 0.1) is 11.7 Å². The molecule has 0 saturated heterocycles. The molecule has 0 spiro atoms. The standard InChI is InChI=1S/C15H23FN2O2S/c1-3-7-17-10-11-5-6-15(13(16)8-11)21(19,20)18-14-9-12(14)4-2/h5-6,8,12,14,17-18H,3-4,7,9-10H2,1-2H3. The molecule has 4 nitrogen and oxygen atoms in total. The molecule has 2 atom stereocenters. The van der Waals surface area contributed by atoms with Crippen LogP contribution in [0.3, 0.4) is 0 Å². The van der Waals surface area contributed by atoms with Crippen molar-refractivity contribution >= 4 is 10.0 Å². The lowest BCUT2D eigenvalue weighted by Gasteiger charge is -2.09. The highest BCUT2D eigenvalue weighted by Crippen LogP contribution is 2.34. The van der Waals surface area contributed by atoms with Crippen LogP contribution in [-0.4, -0.2) is 21.0 Å². The fourth-order valence-electron chi connectivity index (χ4n) is 2.39. The van der Waals surface area contributed by atoms with Gasteiger partial charge in [0.2, 0.25) is 10.0 Å². The summed E-state index contributed by atoms with van der Waals surface area (Å²) in [7, 11) is -3.76. The van der Waals surface area contributed by atoms with Gasteiger partial charge < -0.3 is 5.32 Å². The number of sulfonamides is 1. The van der Waals surface area contributed by atoms with E-state index in [1.54, 1.807) is 6.07 Å². The maximum atomic E-state index is 14.1. The zero-order valence-corrected chi connectivity index (χ0v) is 13.3. The first-order valence-corrected chi connectivity index (χ1v) is 8.97. The SMILES string of the molecule is CCCNCc1ccc(S(=O)(=O)NC2CC2CC)c(F)c1. The van der Waals surface area contributed by atoms with Gasteiger partial charge in [0.15, 0.2) is 0 Å². The summed E-state index contributed by atoms with van der Waals surface area (Å²) in [5, 5.41) is 3.16. The lowest BCUT2D eigenvalue weighted by atomic mass is 10.2. The van der Waals surface area contributed by atoms with Gasteiger partial charge in [0.1, 0.15) is 10.7 Å². The average molecular weight is 314 g/mol. The maximum Gasteiger partial charge on any atom is 0.243 e. The Labute approximate surface area is 126 Å². The fraction of sp³-hybridized carbons (Fsp3) is 0.600. The van der Waals surface area contributed by atoms with E-state index >= 15 is 0 Å². The highest BCUT2D eigenvalue weighted by atomic mass is 32.2. The molecular weight excluding hydrogens is 291 g/mol. The molecule has 1 aromatic carbocycles. The molecule has 0 aromatic heterocycles. The molecule has 1 aliphatic rings. The summed E-state index contributed by atoms with van der Waals surface area (Å²) in [5.41, 5.74) is 0.748. The number of hydrogen-bond acceptors (Lipinski definition) is 3. The molecule has 1 aromatic rings. The van der Waals surface area contributed by atoms with Crippen LogP contribution in [0.15, 0.2) is 23.1 Å². The van der Waals surface area contributed by atoms with Gasteiger partial charge in [0.05, 0.1) is 0 Å². The Balaban J connectivity index is 2.05. The monoisotopic (exact) mass is 314 g/mol. The quantitative estimate of drug-likeness (QED) is 0.725. The zero-order chi connectivity index (χ0) is 15.5. The minimum absolute atomic E-state index is 0.0368. The van der Waals surface area contributed by atoms with Crippen molar-refractivity contribution in [3.63, 3.8) is 0 Å². The van der Waals surface area contributed by atoms with Crippen LogP contribution in [0.2, 0.25) is 0 Å². The van der Waals surface area contributed by atoms with Gasteiger partial charge in [-0.15, -0.1) is 0 Å². The summed E-state index contributed by atoms with van der Waals surface area (Å²) in [4.78, 5) is -0.261. The predicted molar refractivity (Wildman–Crippen MR) is 80.9 cm³/mol. The van der Waals surface area contributed by atoms with Crippen molar-refractivity contribution < 1.29 is 12.8 Å². The van der Waals surface area contributed by atoms with Gasteiger partial charge in [0.25, 0.3) is 0 Å². The Hall–Kier alpha value is -0.980. The highest BCUT2D eigenvalue weighted by Gasteiger charge is 2.39. The van der Waals surface area contributed by atoms with Gasteiger partial charge in [-0.05, 0) is 43.0 Å². The Kier molecular flexibility index (Phi) is 5.35. The van der Waals surface area contributed by atoms with Crippen LogP contribution in [-0.2, 0) is 16.6 Å². The molecule has 0 radical (unpaired) electrons. The molecule has 118 valence electrons. The number of hydrogen-bond donors (Lipinski definition) is 2. The molecule has 0 bridgehead atoms. The molecular formula is C15H23FN2O2S. The summed E-state index contributed by atoms with van der Waals surface area (Å²) in [6.07, 6.45) is 2.78. The Morgan fingerprint density at radius 1 is 1.33 bits per heavy atom. The smallest absolute Gasteiger partial charge is 0.243 e. The first kappa shape index (κ1) is 16.4. The minimum Gasteiger partial charge on any atom is -0.313 e. The molecule has 2 N–H and O–H groups in total. The summed E-state index contributed by atoms with van der Waals surface area (Å²) in [6.45, 7) is 5.47. The van der Waals surface area contributed by atoms with Crippen molar-refractivity contribution in [3.8, 4) is 0 Å². The van der Waals surface area contributed by atoms with Gasteiger partial charge >= 0.3 is 0 Å². The third-order valence-corrected chi connectivity index (χ3v) is 5.32. The van der Waals surface area contributed by atoms with Crippen LogP contribution in [0.25, 0.3) is 0 Å². The summed E-state index contributed by atoms with van der Waals surface area (Å²) < 4.78 is 41.0. The summed E-state index contributed by atoms with van der Waals surface area (Å²) in [6, 6.07) is 4.26. The van der Waals surface area contributed by atoms with E-state index in [-0.39, 0.29) is 10.9 Å². The van der Waals surface area contributed by atoms with E-state index in [2.05, 4.69) is 17.0 Å². The van der Waals surface area contributed by atoms with E-state index < -0.39 is 15.8 Å². The fourth-order valence-corrected chi connectivity index (χ4v) is 3.76. The van der Waals surface area contributed by atoms with E-state index in [0.717, 1.165) is 31.4 Å². The van der Waals surface area contributed by atoms with E-state index in [0.29, 0.717) is 12.5 Å². The molecule has 1 aliphatic carbocycles. The Morgan fingerprint density at radius 2 is 2.10 bits per heavy atom. The first-order chi connectivity index (χ1) is 9.97. The molecule has 0 amide bonds. The van der Waals surface area contributed by atoms with Crippen molar-refractivity contribution in [1.29, 1.82) is 0 Å². The number of nitrogens with one attached hydrogen (secondary N) is 2. The second-order valence-electron chi connectivity index (χ2n) is 5.57. The molecule has 1 saturated carbocycles. The molecule has 0 heterocycles. The molecule has 6 heteroatoms. The zero-order valence-electron chi connectivity index (χ0n) is 12.5. The average Bonchev–Trinajstić information content (AvgIpc) is 3.16. The van der Waals surface area contributed by atoms with Gasteiger partial charge in [-0.2, -0.15) is 0 Å². The topological polar surface area (TPSA) is 58.2 Å². The second kappa shape index (κ2) is 6.85. The molecule has 21 heavy (non-hydrogen) atoms. The molecule has 1 fully saturated rings. The van der Waals surface area contributed by atoms with Crippen molar-refractivity contribution in [2.75, 3.05) is 6.54 Å². The van der Waals surface area contributed by atoms with Crippen LogP contribution in [0.5, 0.6) is 0 Å². The number of rotatable bonds is 8. The second-order valence-corrected chi connectivity index (χ2v) is 7.26. The van der Waals surface area contributed by atoms with Gasteiger partial charge in [-0.1, -0.05) is 26.3 Å². The molecule has 2 unspecified atom stereocenters.